The number of carbonyl (C=O) groups is 1. The molecule has 21 heavy (non-hydrogen) atoms. The van der Waals surface area contributed by atoms with E-state index in [-0.39, 0.29) is 17.0 Å². The van der Waals surface area contributed by atoms with E-state index in [1.807, 2.05) is 18.7 Å². The Morgan fingerprint density at radius 3 is 2.81 bits per heavy atom. The second kappa shape index (κ2) is 6.79. The van der Waals surface area contributed by atoms with E-state index in [0.29, 0.717) is 17.5 Å². The molecule has 0 radical (unpaired) electrons. The maximum Gasteiger partial charge on any atom is 0.322 e. The Morgan fingerprint density at radius 2 is 2.19 bits per heavy atom. The minimum atomic E-state index is -1.38. The van der Waals surface area contributed by atoms with Crippen LogP contribution in [0.3, 0.4) is 0 Å². The van der Waals surface area contributed by atoms with Crippen LogP contribution in [0.1, 0.15) is 13.8 Å². The number of benzene rings is 1. The van der Waals surface area contributed by atoms with Crippen molar-refractivity contribution in [2.75, 3.05) is 23.9 Å². The first-order chi connectivity index (χ1) is 9.90. The van der Waals surface area contributed by atoms with Gasteiger partial charge in [0.25, 0.3) is 0 Å². The average molecular weight is 330 g/mol. The number of halogens is 1. The molecular formula is C14H19FN2O2S2. The molecule has 4 nitrogen and oxygen atoms in total. The number of carbonyl (C=O) groups excluding carboxylic acids is 1. The number of thioether (sulfide) groups is 1. The predicted molar refractivity (Wildman–Crippen MR) is 85.8 cm³/mol. The smallest absolute Gasteiger partial charge is 0.320 e. The van der Waals surface area contributed by atoms with Gasteiger partial charge in [-0.15, -0.1) is 0 Å². The van der Waals surface area contributed by atoms with Crippen molar-refractivity contribution in [3.05, 3.63) is 24.0 Å². The topological polar surface area (TPSA) is 49.4 Å². The number of nitrogens with zero attached hydrogens (tertiary/aromatic N) is 1. The first-order valence-electron chi connectivity index (χ1n) is 6.72. The summed E-state index contributed by atoms with van der Waals surface area (Å²) in [5.74, 6) is 0.338. The molecule has 2 amide bonds. The molecule has 1 aliphatic rings. The van der Waals surface area contributed by atoms with Crippen LogP contribution in [0.2, 0.25) is 0 Å². The molecule has 0 bridgehead atoms. The van der Waals surface area contributed by atoms with Crippen LogP contribution >= 0.6 is 11.8 Å². The average Bonchev–Trinajstić information content (AvgIpc) is 2.41. The van der Waals surface area contributed by atoms with Crippen molar-refractivity contribution in [1.82, 2.24) is 4.90 Å². The second-order valence-corrected chi connectivity index (χ2v) is 7.87. The van der Waals surface area contributed by atoms with Crippen LogP contribution < -0.4 is 5.32 Å². The number of anilines is 1. The molecule has 3 atom stereocenters. The summed E-state index contributed by atoms with van der Waals surface area (Å²) >= 11 is 1.85. The van der Waals surface area contributed by atoms with E-state index < -0.39 is 16.6 Å². The molecule has 7 heteroatoms. The molecule has 1 heterocycles. The summed E-state index contributed by atoms with van der Waals surface area (Å²) in [5, 5.41) is 3.09. The van der Waals surface area contributed by atoms with Gasteiger partial charge < -0.3 is 10.2 Å². The zero-order chi connectivity index (χ0) is 15.6. The molecule has 1 N–H and O–H groups in total. The third-order valence-corrected chi connectivity index (χ3v) is 5.93. The van der Waals surface area contributed by atoms with E-state index >= 15 is 0 Å². The van der Waals surface area contributed by atoms with Gasteiger partial charge in [0.05, 0.1) is 15.7 Å². The predicted octanol–water partition coefficient (Wildman–Crippen LogP) is 2.92. The summed E-state index contributed by atoms with van der Waals surface area (Å²) in [6.07, 6.45) is 1.42. The molecule has 3 unspecified atom stereocenters. The maximum atomic E-state index is 13.8. The van der Waals surface area contributed by atoms with Gasteiger partial charge in [0, 0.05) is 35.5 Å². The summed E-state index contributed by atoms with van der Waals surface area (Å²) in [4.78, 5) is 14.2. The van der Waals surface area contributed by atoms with Gasteiger partial charge >= 0.3 is 6.03 Å². The van der Waals surface area contributed by atoms with Crippen molar-refractivity contribution in [1.29, 1.82) is 0 Å². The van der Waals surface area contributed by atoms with Crippen LogP contribution in [0.5, 0.6) is 0 Å². The van der Waals surface area contributed by atoms with Crippen molar-refractivity contribution in [3.8, 4) is 0 Å². The molecular weight excluding hydrogens is 311 g/mol. The first-order valence-corrected chi connectivity index (χ1v) is 9.33. The van der Waals surface area contributed by atoms with E-state index in [1.165, 1.54) is 18.4 Å². The van der Waals surface area contributed by atoms with E-state index in [1.54, 1.807) is 11.0 Å². The highest BCUT2D eigenvalue weighted by molar-refractivity contribution is 8.00. The Bertz CT molecular complexity index is 568. The van der Waals surface area contributed by atoms with Gasteiger partial charge in [-0.3, -0.25) is 4.21 Å². The van der Waals surface area contributed by atoms with Gasteiger partial charge in [0.1, 0.15) is 5.82 Å². The largest absolute Gasteiger partial charge is 0.322 e. The quantitative estimate of drug-likeness (QED) is 0.907. The van der Waals surface area contributed by atoms with Gasteiger partial charge in [0.2, 0.25) is 0 Å². The molecule has 1 aliphatic heterocycles. The Morgan fingerprint density at radius 1 is 1.48 bits per heavy atom. The third kappa shape index (κ3) is 3.77. The normalized spacial score (nSPS) is 23.7. The molecule has 2 rings (SSSR count). The van der Waals surface area contributed by atoms with E-state index in [9.17, 15) is 13.4 Å². The van der Waals surface area contributed by atoms with Crippen LogP contribution in [0, 0.1) is 5.82 Å². The van der Waals surface area contributed by atoms with Crippen molar-refractivity contribution >= 4 is 34.3 Å². The summed E-state index contributed by atoms with van der Waals surface area (Å²) < 4.78 is 25.1. The number of amides is 2. The van der Waals surface area contributed by atoms with Gasteiger partial charge in [0.15, 0.2) is 0 Å². The Kier molecular flexibility index (Phi) is 5.27. The fraction of sp³-hybridized carbons (Fsp3) is 0.500. The first kappa shape index (κ1) is 16.3. The number of rotatable bonds is 2. The highest BCUT2D eigenvalue weighted by atomic mass is 32.2. The molecule has 0 aliphatic carbocycles. The van der Waals surface area contributed by atoms with Crippen molar-refractivity contribution < 1.29 is 13.4 Å². The van der Waals surface area contributed by atoms with Crippen LogP contribution in [0.15, 0.2) is 23.1 Å². The Hall–Kier alpha value is -1.08. The van der Waals surface area contributed by atoms with Crippen molar-refractivity contribution in [2.24, 2.45) is 0 Å². The highest BCUT2D eigenvalue weighted by Crippen LogP contribution is 2.25. The molecule has 1 aromatic carbocycles. The van der Waals surface area contributed by atoms with Crippen LogP contribution in [0.25, 0.3) is 0 Å². The van der Waals surface area contributed by atoms with Crippen LogP contribution in [0.4, 0.5) is 14.9 Å². The lowest BCUT2D eigenvalue weighted by Gasteiger charge is -2.37. The highest BCUT2D eigenvalue weighted by Gasteiger charge is 2.28. The monoisotopic (exact) mass is 330 g/mol. The zero-order valence-corrected chi connectivity index (χ0v) is 13.9. The minimum absolute atomic E-state index is 0.135. The Labute approximate surface area is 130 Å². The van der Waals surface area contributed by atoms with Crippen molar-refractivity contribution in [2.45, 2.75) is 30.0 Å². The molecule has 116 valence electrons. The third-order valence-electron chi connectivity index (χ3n) is 3.64. The fourth-order valence-corrected chi connectivity index (χ4v) is 3.92. The molecule has 1 aromatic rings. The molecule has 1 fully saturated rings. The molecule has 0 aromatic heterocycles. The van der Waals surface area contributed by atoms with Gasteiger partial charge in [-0.05, 0) is 25.1 Å². The summed E-state index contributed by atoms with van der Waals surface area (Å²) in [7, 11) is -1.38. The standard InChI is InChI=1S/C14H19FN2O2S2/c1-9-10(2)20-7-6-17(9)14(18)16-11-4-5-13(21(3)19)12(15)8-11/h4-5,8-10H,6-7H2,1-3H3,(H,16,18). The summed E-state index contributed by atoms with van der Waals surface area (Å²) in [6, 6.07) is 4.14. The summed E-state index contributed by atoms with van der Waals surface area (Å²) in [6.45, 7) is 4.79. The van der Waals surface area contributed by atoms with Crippen molar-refractivity contribution in [3.63, 3.8) is 0 Å². The SMILES string of the molecule is CC1SCCN(C(=O)Nc2ccc(S(C)=O)c(F)c2)C1C. The number of hydrogen-bond donors (Lipinski definition) is 1. The molecule has 0 saturated carbocycles. The zero-order valence-electron chi connectivity index (χ0n) is 12.3. The number of urea groups is 1. The van der Waals surface area contributed by atoms with E-state index in [2.05, 4.69) is 12.2 Å². The van der Waals surface area contributed by atoms with Gasteiger partial charge in [-0.1, -0.05) is 6.92 Å². The number of nitrogens with one attached hydrogen (secondary N) is 1. The molecule has 0 spiro atoms. The second-order valence-electron chi connectivity index (χ2n) is 5.04. The van der Waals surface area contributed by atoms with Crippen LogP contribution in [-0.4, -0.2) is 45.0 Å². The van der Waals surface area contributed by atoms with Gasteiger partial charge in [-0.25, -0.2) is 9.18 Å². The minimum Gasteiger partial charge on any atom is -0.320 e. The van der Waals surface area contributed by atoms with E-state index in [4.69, 9.17) is 0 Å². The number of hydrogen-bond acceptors (Lipinski definition) is 3. The molecule has 1 saturated heterocycles. The fourth-order valence-electron chi connectivity index (χ4n) is 2.23. The van der Waals surface area contributed by atoms with Crippen LogP contribution in [-0.2, 0) is 10.8 Å². The summed E-state index contributed by atoms with van der Waals surface area (Å²) in [5.41, 5.74) is 0.379. The maximum absolute atomic E-state index is 13.8. The Balaban J connectivity index is 2.09. The van der Waals surface area contributed by atoms with Gasteiger partial charge in [-0.2, -0.15) is 11.8 Å². The lowest BCUT2D eigenvalue weighted by Crippen LogP contribution is -2.49. The lowest BCUT2D eigenvalue weighted by atomic mass is 10.2. The lowest BCUT2D eigenvalue weighted by molar-refractivity contribution is 0.194. The van der Waals surface area contributed by atoms with E-state index in [0.717, 1.165) is 5.75 Å².